The van der Waals surface area contributed by atoms with Crippen LogP contribution in [0.15, 0.2) is 0 Å². The maximum absolute atomic E-state index is 12.5. The third kappa shape index (κ3) is 5.17. The minimum Gasteiger partial charge on any atom is -0.362 e. The third-order valence-electron chi connectivity index (χ3n) is 1.93. The number of rotatable bonds is 4. The number of aliphatic hydroxyl groups excluding tert-OH is 1. The van der Waals surface area contributed by atoms with Gasteiger partial charge in [-0.25, -0.2) is 4.39 Å². The Bertz CT molecular complexity index is 151. The lowest BCUT2D eigenvalue weighted by atomic mass is 10.2. The van der Waals surface area contributed by atoms with Gasteiger partial charge in [0.15, 0.2) is 0 Å². The van der Waals surface area contributed by atoms with E-state index in [0.29, 0.717) is 12.8 Å². The Labute approximate surface area is 85.9 Å². The smallest absolute Gasteiger partial charge is 0.222 e. The Kier molecular flexibility index (Phi) is 10.1. The lowest BCUT2D eigenvalue weighted by Gasteiger charge is -2.27. The van der Waals surface area contributed by atoms with Gasteiger partial charge in [0.05, 0.1) is 6.04 Å². The van der Waals surface area contributed by atoms with Gasteiger partial charge in [0, 0.05) is 13.5 Å². The van der Waals surface area contributed by atoms with Crippen molar-refractivity contribution in [3.05, 3.63) is 0 Å². The zero-order valence-electron chi connectivity index (χ0n) is 9.75. The molecule has 2 atom stereocenters. The molecule has 0 rings (SSSR count). The van der Waals surface area contributed by atoms with Crippen LogP contribution < -0.4 is 0 Å². The second-order valence-corrected chi connectivity index (χ2v) is 2.71. The van der Waals surface area contributed by atoms with E-state index in [-0.39, 0.29) is 5.91 Å². The van der Waals surface area contributed by atoms with Crippen molar-refractivity contribution in [3.8, 4) is 0 Å². The Hall–Kier alpha value is -0.640. The van der Waals surface area contributed by atoms with Crippen LogP contribution in [0.1, 0.15) is 40.5 Å². The van der Waals surface area contributed by atoms with Crippen molar-refractivity contribution in [1.29, 1.82) is 0 Å². The molecule has 0 spiro atoms. The highest BCUT2D eigenvalue weighted by molar-refractivity contribution is 5.75. The summed E-state index contributed by atoms with van der Waals surface area (Å²) in [5.74, 6) is -0.154. The number of nitrogens with zero attached hydrogens (tertiary/aromatic N) is 1. The number of likely N-dealkylation sites (N-methyl/N-ethyl adjacent to an activating group) is 1. The van der Waals surface area contributed by atoms with Crippen LogP contribution in [-0.2, 0) is 4.79 Å². The monoisotopic (exact) mass is 207 g/mol. The van der Waals surface area contributed by atoms with E-state index in [9.17, 15) is 9.18 Å². The van der Waals surface area contributed by atoms with Crippen LogP contribution >= 0.6 is 0 Å². The minimum atomic E-state index is -1.95. The Morgan fingerprint density at radius 1 is 1.43 bits per heavy atom. The fourth-order valence-corrected chi connectivity index (χ4v) is 1.09. The van der Waals surface area contributed by atoms with Crippen molar-refractivity contribution in [2.75, 3.05) is 7.05 Å². The van der Waals surface area contributed by atoms with E-state index in [1.807, 2.05) is 13.8 Å². The van der Waals surface area contributed by atoms with E-state index in [4.69, 9.17) is 5.11 Å². The molecule has 0 aromatic heterocycles. The number of amides is 1. The average Bonchev–Trinajstić information content (AvgIpc) is 2.20. The van der Waals surface area contributed by atoms with Crippen molar-refractivity contribution in [3.63, 3.8) is 0 Å². The van der Waals surface area contributed by atoms with Crippen LogP contribution in [0.25, 0.3) is 0 Å². The topological polar surface area (TPSA) is 40.5 Å². The maximum Gasteiger partial charge on any atom is 0.222 e. The lowest BCUT2D eigenvalue weighted by Crippen LogP contribution is -2.42. The van der Waals surface area contributed by atoms with Crippen molar-refractivity contribution in [1.82, 2.24) is 4.90 Å². The van der Waals surface area contributed by atoms with Crippen molar-refractivity contribution in [2.45, 2.75) is 52.9 Å². The molecule has 0 fully saturated rings. The zero-order chi connectivity index (χ0) is 11.7. The van der Waals surface area contributed by atoms with Crippen LogP contribution in [0.5, 0.6) is 0 Å². The summed E-state index contributed by atoms with van der Waals surface area (Å²) in [6, 6.07) is -0.711. The molecule has 0 saturated carbocycles. The molecular formula is C10H22FNO2. The number of hydrogen-bond donors (Lipinski definition) is 1. The number of carbonyl (C=O) groups is 1. The normalized spacial score (nSPS) is 13.6. The number of halogens is 1. The molecular weight excluding hydrogens is 185 g/mol. The summed E-state index contributed by atoms with van der Waals surface area (Å²) >= 11 is 0. The summed E-state index contributed by atoms with van der Waals surface area (Å²) in [5.41, 5.74) is 0. The van der Waals surface area contributed by atoms with Crippen molar-refractivity contribution in [2.24, 2.45) is 0 Å². The standard InChI is InChI=1S/C8H16FNO2.C2H6/c1-4-6(8(9)12)10(3)7(11)5-2;1-2/h6,8,12H,4-5H2,1-3H3;1-2H3. The molecule has 1 amide bonds. The van der Waals surface area contributed by atoms with Gasteiger partial charge in [0.1, 0.15) is 0 Å². The van der Waals surface area contributed by atoms with Gasteiger partial charge in [-0.2, -0.15) is 0 Å². The fraction of sp³-hybridized carbons (Fsp3) is 0.900. The summed E-state index contributed by atoms with van der Waals surface area (Å²) < 4.78 is 12.5. The molecule has 0 heterocycles. The summed E-state index contributed by atoms with van der Waals surface area (Å²) in [5, 5.41) is 8.67. The number of alkyl halides is 1. The largest absolute Gasteiger partial charge is 0.362 e. The number of carbonyl (C=O) groups excluding carboxylic acids is 1. The van der Waals surface area contributed by atoms with E-state index in [0.717, 1.165) is 0 Å². The van der Waals surface area contributed by atoms with Gasteiger partial charge in [-0.05, 0) is 6.42 Å². The highest BCUT2D eigenvalue weighted by Crippen LogP contribution is 2.09. The first-order chi connectivity index (χ1) is 6.54. The predicted octanol–water partition coefficient (Wildman–Crippen LogP) is 1.95. The molecule has 1 N–H and O–H groups in total. The second kappa shape index (κ2) is 8.94. The van der Waals surface area contributed by atoms with Gasteiger partial charge in [-0.3, -0.25) is 4.79 Å². The average molecular weight is 207 g/mol. The van der Waals surface area contributed by atoms with E-state index >= 15 is 0 Å². The Balaban J connectivity index is 0. The first-order valence-corrected chi connectivity index (χ1v) is 5.12. The molecule has 3 nitrogen and oxygen atoms in total. The van der Waals surface area contributed by atoms with Crippen molar-refractivity contribution >= 4 is 5.91 Å². The van der Waals surface area contributed by atoms with Crippen LogP contribution in [-0.4, -0.2) is 35.4 Å². The summed E-state index contributed by atoms with van der Waals surface area (Å²) in [6.45, 7) is 7.43. The predicted molar refractivity (Wildman–Crippen MR) is 55.6 cm³/mol. The number of hydrogen-bond acceptors (Lipinski definition) is 2. The van der Waals surface area contributed by atoms with Gasteiger partial charge >= 0.3 is 0 Å². The zero-order valence-corrected chi connectivity index (χ0v) is 9.75. The molecule has 0 aromatic rings. The molecule has 0 aromatic carbocycles. The molecule has 0 radical (unpaired) electrons. The molecule has 4 heteroatoms. The van der Waals surface area contributed by atoms with E-state index in [2.05, 4.69) is 0 Å². The summed E-state index contributed by atoms with van der Waals surface area (Å²) in [6.07, 6.45) is -1.20. The first-order valence-electron chi connectivity index (χ1n) is 5.12. The molecule has 2 unspecified atom stereocenters. The summed E-state index contributed by atoms with van der Waals surface area (Å²) in [7, 11) is 1.50. The molecule has 14 heavy (non-hydrogen) atoms. The molecule has 0 aliphatic rings. The van der Waals surface area contributed by atoms with E-state index in [1.54, 1.807) is 13.8 Å². The molecule has 0 bridgehead atoms. The Morgan fingerprint density at radius 3 is 2.07 bits per heavy atom. The highest BCUT2D eigenvalue weighted by atomic mass is 19.1. The van der Waals surface area contributed by atoms with Gasteiger partial charge in [0.2, 0.25) is 12.3 Å². The Morgan fingerprint density at radius 2 is 1.86 bits per heavy atom. The van der Waals surface area contributed by atoms with Crippen molar-refractivity contribution < 1.29 is 14.3 Å². The van der Waals surface area contributed by atoms with Crippen LogP contribution in [0.2, 0.25) is 0 Å². The second-order valence-electron chi connectivity index (χ2n) is 2.71. The maximum atomic E-state index is 12.5. The minimum absolute atomic E-state index is 0.154. The highest BCUT2D eigenvalue weighted by Gasteiger charge is 2.23. The molecule has 86 valence electrons. The SMILES string of the molecule is CC.CCC(=O)N(C)C(CC)C(O)F. The fourth-order valence-electron chi connectivity index (χ4n) is 1.09. The molecule has 0 saturated heterocycles. The van der Waals surface area contributed by atoms with E-state index in [1.165, 1.54) is 11.9 Å². The van der Waals surface area contributed by atoms with Gasteiger partial charge < -0.3 is 10.0 Å². The van der Waals surface area contributed by atoms with Gasteiger partial charge in [0.25, 0.3) is 0 Å². The van der Waals surface area contributed by atoms with Gasteiger partial charge in [-0.1, -0.05) is 27.7 Å². The first kappa shape index (κ1) is 15.8. The molecule has 0 aliphatic carbocycles. The van der Waals surface area contributed by atoms with Crippen LogP contribution in [0.4, 0.5) is 4.39 Å². The third-order valence-corrected chi connectivity index (χ3v) is 1.93. The van der Waals surface area contributed by atoms with Crippen LogP contribution in [0, 0.1) is 0 Å². The summed E-state index contributed by atoms with van der Waals surface area (Å²) in [4.78, 5) is 12.3. The van der Waals surface area contributed by atoms with Gasteiger partial charge in [-0.15, -0.1) is 0 Å². The molecule has 0 aliphatic heterocycles. The lowest BCUT2D eigenvalue weighted by molar-refractivity contribution is -0.137. The van der Waals surface area contributed by atoms with Crippen LogP contribution in [0.3, 0.4) is 0 Å². The number of aliphatic hydroxyl groups is 1. The van der Waals surface area contributed by atoms with E-state index < -0.39 is 12.4 Å². The quantitative estimate of drug-likeness (QED) is 0.765.